The summed E-state index contributed by atoms with van der Waals surface area (Å²) in [4.78, 5) is 25.3. The summed E-state index contributed by atoms with van der Waals surface area (Å²) in [6.45, 7) is 2.21. The monoisotopic (exact) mass is 489 g/mol. The number of hydrogen-bond acceptors (Lipinski definition) is 8. The zero-order valence-electron chi connectivity index (χ0n) is 19.8. The number of ether oxygens (including phenoxy) is 2. The highest BCUT2D eigenvalue weighted by atomic mass is 19.1. The smallest absolute Gasteiger partial charge is 0.246 e. The second-order valence-corrected chi connectivity index (χ2v) is 8.11. The molecular weight excluding hydrogens is 465 g/mol. The molecule has 3 heterocycles. The van der Waals surface area contributed by atoms with Crippen molar-refractivity contribution >= 4 is 29.0 Å². The Balaban J connectivity index is 1.27. The number of benzene rings is 2. The minimum Gasteiger partial charge on any atom is -0.493 e. The summed E-state index contributed by atoms with van der Waals surface area (Å²) in [7, 11) is 3.15. The van der Waals surface area contributed by atoms with Gasteiger partial charge in [0.1, 0.15) is 12.1 Å². The number of rotatable bonds is 6. The lowest BCUT2D eigenvalue weighted by Crippen LogP contribution is -2.48. The van der Waals surface area contributed by atoms with Crippen molar-refractivity contribution in [3.8, 4) is 17.2 Å². The lowest BCUT2D eigenvalue weighted by Gasteiger charge is -2.34. The number of anilines is 1. The van der Waals surface area contributed by atoms with E-state index in [0.29, 0.717) is 60.3 Å². The van der Waals surface area contributed by atoms with Crippen LogP contribution in [0.5, 0.6) is 11.5 Å². The maximum atomic E-state index is 13.7. The molecule has 0 N–H and O–H groups in total. The van der Waals surface area contributed by atoms with Crippen molar-refractivity contribution in [1.29, 1.82) is 0 Å². The number of amides is 1. The quantitative estimate of drug-likeness (QED) is 0.382. The van der Waals surface area contributed by atoms with Crippen molar-refractivity contribution in [3.63, 3.8) is 0 Å². The van der Waals surface area contributed by atoms with E-state index in [9.17, 15) is 9.18 Å². The largest absolute Gasteiger partial charge is 0.493 e. The molecule has 1 amide bonds. The molecule has 36 heavy (non-hydrogen) atoms. The zero-order chi connectivity index (χ0) is 25.1. The highest BCUT2D eigenvalue weighted by Crippen LogP contribution is 2.28. The summed E-state index contributed by atoms with van der Waals surface area (Å²) < 4.78 is 25.8. The van der Waals surface area contributed by atoms with E-state index in [-0.39, 0.29) is 11.7 Å². The van der Waals surface area contributed by atoms with Crippen LogP contribution in [0.1, 0.15) is 5.56 Å². The van der Waals surface area contributed by atoms with Gasteiger partial charge in [0.05, 0.1) is 19.9 Å². The van der Waals surface area contributed by atoms with E-state index in [1.807, 2.05) is 12.1 Å². The first kappa shape index (κ1) is 23.2. The maximum Gasteiger partial charge on any atom is 0.246 e. The Bertz CT molecular complexity index is 1430. The minimum atomic E-state index is -0.369. The minimum absolute atomic E-state index is 0.0747. The standard InChI is InChI=1S/C25H24FN7O3/c1-35-20-8-6-17(14-21(20)36-2)7-9-22(34)31-10-12-32(13-11-31)24-23-25(28-16-27-24)33(30-29-23)19-5-3-4-18(26)15-19/h3-9,14-16H,10-13H2,1-2H3/b9-7-. The molecule has 0 atom stereocenters. The van der Waals surface area contributed by atoms with Crippen molar-refractivity contribution in [3.05, 3.63) is 66.2 Å². The van der Waals surface area contributed by atoms with Gasteiger partial charge >= 0.3 is 0 Å². The Morgan fingerprint density at radius 3 is 2.56 bits per heavy atom. The Hall–Kier alpha value is -4.54. The van der Waals surface area contributed by atoms with Crippen molar-refractivity contribution in [1.82, 2.24) is 29.9 Å². The van der Waals surface area contributed by atoms with Gasteiger partial charge in [-0.1, -0.05) is 17.3 Å². The van der Waals surface area contributed by atoms with Crippen LogP contribution in [0.15, 0.2) is 54.9 Å². The molecule has 0 saturated carbocycles. The predicted molar refractivity (Wildman–Crippen MR) is 132 cm³/mol. The number of piperazine rings is 1. The van der Waals surface area contributed by atoms with Gasteiger partial charge < -0.3 is 19.3 Å². The molecule has 0 bridgehead atoms. The average molecular weight is 490 g/mol. The number of hydrogen-bond donors (Lipinski definition) is 0. The number of carbonyl (C=O) groups excluding carboxylic acids is 1. The molecule has 5 rings (SSSR count). The molecule has 1 aliphatic rings. The lowest BCUT2D eigenvalue weighted by atomic mass is 10.2. The summed E-state index contributed by atoms with van der Waals surface area (Å²) >= 11 is 0. The van der Waals surface area contributed by atoms with Crippen LogP contribution in [-0.4, -0.2) is 76.2 Å². The molecule has 10 nitrogen and oxygen atoms in total. The van der Waals surface area contributed by atoms with Gasteiger partial charge in [-0.15, -0.1) is 5.10 Å². The number of halogens is 1. The summed E-state index contributed by atoms with van der Waals surface area (Å²) in [5.41, 5.74) is 2.38. The van der Waals surface area contributed by atoms with Crippen molar-refractivity contribution < 1.29 is 18.7 Å². The normalized spacial score (nSPS) is 14.0. The fourth-order valence-corrected chi connectivity index (χ4v) is 4.12. The number of carbonyl (C=O) groups is 1. The highest BCUT2D eigenvalue weighted by molar-refractivity contribution is 5.92. The van der Waals surface area contributed by atoms with Gasteiger partial charge in [0.2, 0.25) is 5.91 Å². The molecule has 0 spiro atoms. The van der Waals surface area contributed by atoms with Gasteiger partial charge in [0, 0.05) is 32.3 Å². The lowest BCUT2D eigenvalue weighted by molar-refractivity contribution is -0.126. The first-order valence-electron chi connectivity index (χ1n) is 11.3. The third-order valence-electron chi connectivity index (χ3n) is 5.99. The Morgan fingerprint density at radius 2 is 1.81 bits per heavy atom. The van der Waals surface area contributed by atoms with Crippen LogP contribution in [0.4, 0.5) is 10.2 Å². The molecule has 2 aromatic carbocycles. The third kappa shape index (κ3) is 4.54. The number of aromatic nitrogens is 5. The van der Waals surface area contributed by atoms with E-state index < -0.39 is 0 Å². The first-order chi connectivity index (χ1) is 17.6. The molecule has 0 aliphatic carbocycles. The summed E-state index contributed by atoms with van der Waals surface area (Å²) in [5.74, 6) is 1.43. The van der Waals surface area contributed by atoms with Gasteiger partial charge in [0.25, 0.3) is 0 Å². The van der Waals surface area contributed by atoms with E-state index in [4.69, 9.17) is 9.47 Å². The topological polar surface area (TPSA) is 98.5 Å². The maximum absolute atomic E-state index is 13.7. The van der Waals surface area contributed by atoms with Crippen LogP contribution >= 0.6 is 0 Å². The second-order valence-electron chi connectivity index (χ2n) is 8.11. The number of nitrogens with zero attached hydrogens (tertiary/aromatic N) is 7. The number of fused-ring (bicyclic) bond motifs is 1. The molecule has 184 valence electrons. The highest BCUT2D eigenvalue weighted by Gasteiger charge is 2.24. The van der Waals surface area contributed by atoms with Gasteiger partial charge in [-0.05, 0) is 42.0 Å². The molecule has 0 radical (unpaired) electrons. The summed E-state index contributed by atoms with van der Waals surface area (Å²) in [6.07, 6.45) is 4.76. The van der Waals surface area contributed by atoms with Gasteiger partial charge in [-0.25, -0.2) is 14.4 Å². The molecule has 0 unspecified atom stereocenters. The van der Waals surface area contributed by atoms with E-state index >= 15 is 0 Å². The predicted octanol–water partition coefficient (Wildman–Crippen LogP) is 2.73. The molecule has 2 aromatic heterocycles. The van der Waals surface area contributed by atoms with Crippen LogP contribution in [0.25, 0.3) is 22.9 Å². The molecule has 1 saturated heterocycles. The summed E-state index contributed by atoms with van der Waals surface area (Å²) in [5, 5.41) is 8.42. The van der Waals surface area contributed by atoms with E-state index in [0.717, 1.165) is 5.56 Å². The average Bonchev–Trinajstić information content (AvgIpc) is 3.36. The molecular formula is C25H24FN7O3. The molecule has 1 aliphatic heterocycles. The van der Waals surface area contributed by atoms with Crippen LogP contribution in [-0.2, 0) is 4.79 Å². The van der Waals surface area contributed by atoms with Gasteiger partial charge in [-0.2, -0.15) is 4.68 Å². The SMILES string of the molecule is COc1ccc(/C=C\C(=O)N2CCN(c3ncnc4c3nnn4-c3cccc(F)c3)CC2)cc1OC. The molecule has 11 heteroatoms. The molecule has 4 aromatic rings. The zero-order valence-corrected chi connectivity index (χ0v) is 19.8. The van der Waals surface area contributed by atoms with Crippen molar-refractivity contribution in [2.45, 2.75) is 0 Å². The van der Waals surface area contributed by atoms with E-state index in [1.54, 1.807) is 49.5 Å². The Morgan fingerprint density at radius 1 is 1.00 bits per heavy atom. The fraction of sp³-hybridized carbons (Fsp3) is 0.240. The van der Waals surface area contributed by atoms with Crippen LogP contribution < -0.4 is 14.4 Å². The van der Waals surface area contributed by atoms with Crippen molar-refractivity contribution in [2.75, 3.05) is 45.3 Å². The fourth-order valence-electron chi connectivity index (χ4n) is 4.12. The number of methoxy groups -OCH3 is 2. The Kier molecular flexibility index (Phi) is 6.44. The van der Waals surface area contributed by atoms with E-state index in [2.05, 4.69) is 25.2 Å². The van der Waals surface area contributed by atoms with Gasteiger partial charge in [0.15, 0.2) is 28.5 Å². The van der Waals surface area contributed by atoms with Gasteiger partial charge in [-0.3, -0.25) is 4.79 Å². The molecule has 1 fully saturated rings. The van der Waals surface area contributed by atoms with Crippen LogP contribution in [0, 0.1) is 5.82 Å². The van der Waals surface area contributed by atoms with E-state index in [1.165, 1.54) is 23.1 Å². The van der Waals surface area contributed by atoms with Crippen LogP contribution in [0.3, 0.4) is 0 Å². The van der Waals surface area contributed by atoms with Crippen molar-refractivity contribution in [2.24, 2.45) is 0 Å². The summed E-state index contributed by atoms with van der Waals surface area (Å²) in [6, 6.07) is 11.6. The first-order valence-corrected chi connectivity index (χ1v) is 11.3. The Labute approximate surface area is 206 Å². The van der Waals surface area contributed by atoms with Crippen LogP contribution in [0.2, 0.25) is 0 Å². The third-order valence-corrected chi connectivity index (χ3v) is 5.99. The second kappa shape index (κ2) is 9.98.